The number of hydrogen-bond donors (Lipinski definition) is 0. The fraction of sp³-hybridized carbons (Fsp3) is 0.167. The van der Waals surface area contributed by atoms with Crippen molar-refractivity contribution >= 4 is 33.0 Å². The van der Waals surface area contributed by atoms with E-state index in [0.29, 0.717) is 10.8 Å². The average molecular weight is 328 g/mol. The van der Waals surface area contributed by atoms with Gasteiger partial charge in [-0.25, -0.2) is 0 Å². The SMILES string of the molecule is N#Cc1cc2cccc(OC(CCCl)c3ccccc3)c2s1. The molecule has 0 aliphatic carbocycles. The first kappa shape index (κ1) is 14.9. The van der Waals surface area contributed by atoms with E-state index in [-0.39, 0.29) is 6.10 Å². The van der Waals surface area contributed by atoms with Gasteiger partial charge in [0, 0.05) is 12.3 Å². The summed E-state index contributed by atoms with van der Waals surface area (Å²) in [4.78, 5) is 0.694. The molecule has 0 saturated heterocycles. The number of fused-ring (bicyclic) bond motifs is 1. The molecule has 3 aromatic rings. The number of thiophene rings is 1. The first-order chi connectivity index (χ1) is 10.8. The molecule has 110 valence electrons. The number of rotatable bonds is 5. The summed E-state index contributed by atoms with van der Waals surface area (Å²) in [6.45, 7) is 0. The van der Waals surface area contributed by atoms with Crippen LogP contribution < -0.4 is 4.74 Å². The number of nitrogens with zero attached hydrogens (tertiary/aromatic N) is 1. The van der Waals surface area contributed by atoms with E-state index in [1.54, 1.807) is 0 Å². The van der Waals surface area contributed by atoms with Crippen molar-refractivity contribution < 1.29 is 4.74 Å². The van der Waals surface area contributed by atoms with E-state index in [2.05, 4.69) is 6.07 Å². The van der Waals surface area contributed by atoms with Crippen LogP contribution in [0, 0.1) is 11.3 Å². The van der Waals surface area contributed by atoms with E-state index in [9.17, 15) is 0 Å². The Hall–Kier alpha value is -2.02. The van der Waals surface area contributed by atoms with Crippen molar-refractivity contribution in [3.63, 3.8) is 0 Å². The van der Waals surface area contributed by atoms with Gasteiger partial charge in [0.25, 0.3) is 0 Å². The first-order valence-corrected chi connectivity index (χ1v) is 8.37. The molecule has 0 radical (unpaired) electrons. The maximum Gasteiger partial charge on any atom is 0.138 e. The van der Waals surface area contributed by atoms with Crippen LogP contribution in [0.1, 0.15) is 23.0 Å². The van der Waals surface area contributed by atoms with Gasteiger partial charge < -0.3 is 4.74 Å². The quantitative estimate of drug-likeness (QED) is 0.578. The van der Waals surface area contributed by atoms with Gasteiger partial charge in [0.2, 0.25) is 0 Å². The Morgan fingerprint density at radius 1 is 1.14 bits per heavy atom. The second-order valence-corrected chi connectivity index (χ2v) is 6.32. The van der Waals surface area contributed by atoms with Gasteiger partial charge in [0.1, 0.15) is 22.8 Å². The number of benzene rings is 2. The lowest BCUT2D eigenvalue weighted by atomic mass is 10.1. The summed E-state index contributed by atoms with van der Waals surface area (Å²) in [5, 5.41) is 10.1. The van der Waals surface area contributed by atoms with Gasteiger partial charge in [-0.3, -0.25) is 0 Å². The van der Waals surface area contributed by atoms with Gasteiger partial charge in [0.15, 0.2) is 0 Å². The minimum absolute atomic E-state index is 0.0862. The molecule has 3 rings (SSSR count). The highest BCUT2D eigenvalue weighted by molar-refractivity contribution is 7.19. The molecule has 2 nitrogen and oxygen atoms in total. The fourth-order valence-electron chi connectivity index (χ4n) is 2.40. The zero-order chi connectivity index (χ0) is 15.4. The normalized spacial score (nSPS) is 12.0. The Morgan fingerprint density at radius 2 is 1.95 bits per heavy atom. The van der Waals surface area contributed by atoms with Crippen molar-refractivity contribution in [3.8, 4) is 11.8 Å². The fourth-order valence-corrected chi connectivity index (χ4v) is 3.51. The largest absolute Gasteiger partial charge is 0.484 e. The van der Waals surface area contributed by atoms with Crippen LogP contribution >= 0.6 is 22.9 Å². The van der Waals surface area contributed by atoms with Gasteiger partial charge in [0.05, 0.1) is 4.70 Å². The second-order valence-electron chi connectivity index (χ2n) is 4.89. The van der Waals surface area contributed by atoms with Crippen LogP contribution in [0.4, 0.5) is 0 Å². The van der Waals surface area contributed by atoms with Crippen LogP contribution in [0.25, 0.3) is 10.1 Å². The predicted molar refractivity (Wildman–Crippen MR) is 91.7 cm³/mol. The third-order valence-corrected chi connectivity index (χ3v) is 4.72. The van der Waals surface area contributed by atoms with E-state index in [1.165, 1.54) is 11.3 Å². The van der Waals surface area contributed by atoms with Crippen LogP contribution in [0.3, 0.4) is 0 Å². The highest BCUT2D eigenvalue weighted by Gasteiger charge is 2.15. The second kappa shape index (κ2) is 6.83. The van der Waals surface area contributed by atoms with Gasteiger partial charge in [-0.2, -0.15) is 5.26 Å². The maximum atomic E-state index is 9.08. The summed E-state index contributed by atoms with van der Waals surface area (Å²) >= 11 is 7.40. The molecule has 0 aliphatic heterocycles. The Morgan fingerprint density at radius 3 is 2.68 bits per heavy atom. The van der Waals surface area contributed by atoms with E-state index < -0.39 is 0 Å². The lowest BCUT2D eigenvalue weighted by molar-refractivity contribution is 0.205. The molecule has 0 fully saturated rings. The van der Waals surface area contributed by atoms with E-state index >= 15 is 0 Å². The van der Waals surface area contributed by atoms with Crippen LogP contribution in [0.2, 0.25) is 0 Å². The summed E-state index contributed by atoms with van der Waals surface area (Å²) < 4.78 is 7.24. The lowest BCUT2D eigenvalue weighted by Crippen LogP contribution is -2.08. The Balaban J connectivity index is 1.96. The number of alkyl halides is 1. The third kappa shape index (κ3) is 3.09. The highest BCUT2D eigenvalue weighted by Crippen LogP contribution is 2.36. The van der Waals surface area contributed by atoms with Crippen LogP contribution in [0.15, 0.2) is 54.6 Å². The zero-order valence-electron chi connectivity index (χ0n) is 11.8. The zero-order valence-corrected chi connectivity index (χ0v) is 13.4. The van der Waals surface area contributed by atoms with Crippen LogP contribution in [0.5, 0.6) is 5.75 Å². The van der Waals surface area contributed by atoms with Crippen molar-refractivity contribution in [2.45, 2.75) is 12.5 Å². The minimum Gasteiger partial charge on any atom is -0.484 e. The number of ether oxygens (including phenoxy) is 1. The van der Waals surface area contributed by atoms with E-state index in [4.69, 9.17) is 21.6 Å². The van der Waals surface area contributed by atoms with E-state index in [0.717, 1.165) is 27.8 Å². The molecule has 1 unspecified atom stereocenters. The average Bonchev–Trinajstić information content (AvgIpc) is 2.99. The number of hydrogen-bond acceptors (Lipinski definition) is 3. The summed E-state index contributed by atoms with van der Waals surface area (Å²) in [5.74, 6) is 1.34. The Bertz CT molecular complexity index is 807. The van der Waals surface area contributed by atoms with Crippen LogP contribution in [-0.2, 0) is 0 Å². The topological polar surface area (TPSA) is 33.0 Å². The minimum atomic E-state index is -0.0862. The summed E-state index contributed by atoms with van der Waals surface area (Å²) in [6.07, 6.45) is 0.648. The van der Waals surface area contributed by atoms with Gasteiger partial charge in [-0.05, 0) is 23.1 Å². The van der Waals surface area contributed by atoms with Crippen molar-refractivity contribution in [2.24, 2.45) is 0 Å². The number of nitriles is 1. The van der Waals surface area contributed by atoms with Crippen molar-refractivity contribution in [2.75, 3.05) is 5.88 Å². The molecule has 2 aromatic carbocycles. The third-order valence-electron chi connectivity index (χ3n) is 3.43. The molecule has 4 heteroatoms. The first-order valence-electron chi connectivity index (χ1n) is 7.02. The molecule has 1 heterocycles. The monoisotopic (exact) mass is 327 g/mol. The predicted octanol–water partition coefficient (Wildman–Crippen LogP) is 5.52. The molecule has 22 heavy (non-hydrogen) atoms. The molecule has 0 spiro atoms. The summed E-state index contributed by atoms with van der Waals surface area (Å²) in [5.41, 5.74) is 1.11. The van der Waals surface area contributed by atoms with Crippen molar-refractivity contribution in [1.29, 1.82) is 5.26 Å². The van der Waals surface area contributed by atoms with Gasteiger partial charge >= 0.3 is 0 Å². The maximum absolute atomic E-state index is 9.08. The van der Waals surface area contributed by atoms with Crippen molar-refractivity contribution in [3.05, 3.63) is 65.0 Å². The van der Waals surface area contributed by atoms with Crippen molar-refractivity contribution in [1.82, 2.24) is 0 Å². The van der Waals surface area contributed by atoms with E-state index in [1.807, 2.05) is 54.6 Å². The standard InChI is InChI=1S/C18H14ClNOS/c19-10-9-16(13-5-2-1-3-6-13)21-17-8-4-7-14-11-15(12-20)22-18(14)17/h1-8,11,16H,9-10H2. The van der Waals surface area contributed by atoms with Gasteiger partial charge in [-0.1, -0.05) is 42.5 Å². The molecule has 1 atom stereocenters. The molecule has 1 aromatic heterocycles. The summed E-state index contributed by atoms with van der Waals surface area (Å²) in [6, 6.07) is 20.1. The number of halogens is 1. The molecule has 0 aliphatic rings. The molecule has 0 amide bonds. The lowest BCUT2D eigenvalue weighted by Gasteiger charge is -2.19. The highest BCUT2D eigenvalue weighted by atomic mass is 35.5. The van der Waals surface area contributed by atoms with Gasteiger partial charge in [-0.15, -0.1) is 22.9 Å². The van der Waals surface area contributed by atoms with Crippen LogP contribution in [-0.4, -0.2) is 5.88 Å². The Labute approximate surface area is 138 Å². The molecule has 0 N–H and O–H groups in total. The molecule has 0 saturated carbocycles. The summed E-state index contributed by atoms with van der Waals surface area (Å²) in [7, 11) is 0. The molecule has 0 bridgehead atoms. The smallest absolute Gasteiger partial charge is 0.138 e. The molecular formula is C18H14ClNOS. The molecular weight excluding hydrogens is 314 g/mol. The Kier molecular flexibility index (Phi) is 4.62.